The van der Waals surface area contributed by atoms with E-state index in [0.717, 1.165) is 55.5 Å². The molecule has 0 radical (unpaired) electrons. The number of aryl methyl sites for hydroxylation is 1. The predicted octanol–water partition coefficient (Wildman–Crippen LogP) is 1.83. The highest BCUT2D eigenvalue weighted by molar-refractivity contribution is 5.39. The SMILES string of the molecule is CO[C@@H]1C[C@@H](c2nnc3n2CCC3)N(Cc2cn3ccccc3n2)C1. The Morgan fingerprint density at radius 1 is 1.28 bits per heavy atom. The Morgan fingerprint density at radius 2 is 2.24 bits per heavy atom. The van der Waals surface area contributed by atoms with E-state index in [1.165, 1.54) is 6.42 Å². The molecule has 2 aliphatic heterocycles. The third-order valence-corrected chi connectivity index (χ3v) is 5.41. The van der Waals surface area contributed by atoms with Crippen molar-refractivity contribution in [3.63, 3.8) is 0 Å². The van der Waals surface area contributed by atoms with Crippen LogP contribution in [0.3, 0.4) is 0 Å². The van der Waals surface area contributed by atoms with E-state index in [2.05, 4.69) is 30.3 Å². The van der Waals surface area contributed by atoms with E-state index in [9.17, 15) is 0 Å². The molecule has 5 heterocycles. The average molecular weight is 338 g/mol. The number of fused-ring (bicyclic) bond motifs is 2. The quantitative estimate of drug-likeness (QED) is 0.726. The van der Waals surface area contributed by atoms with Gasteiger partial charge in [0.1, 0.15) is 11.5 Å². The summed E-state index contributed by atoms with van der Waals surface area (Å²) in [5, 5.41) is 8.91. The molecule has 7 nitrogen and oxygen atoms in total. The Hall–Kier alpha value is -2.25. The van der Waals surface area contributed by atoms with Crippen molar-refractivity contribution in [3.8, 4) is 0 Å². The minimum Gasteiger partial charge on any atom is -0.380 e. The van der Waals surface area contributed by atoms with Crippen molar-refractivity contribution in [3.05, 3.63) is 47.9 Å². The summed E-state index contributed by atoms with van der Waals surface area (Å²) in [4.78, 5) is 7.19. The first-order valence-electron chi connectivity index (χ1n) is 8.93. The molecule has 0 unspecified atom stereocenters. The molecule has 7 heteroatoms. The topological polar surface area (TPSA) is 60.5 Å². The summed E-state index contributed by atoms with van der Waals surface area (Å²) in [6.45, 7) is 2.74. The first kappa shape index (κ1) is 15.0. The molecule has 1 saturated heterocycles. The summed E-state index contributed by atoms with van der Waals surface area (Å²) >= 11 is 0. The summed E-state index contributed by atoms with van der Waals surface area (Å²) < 4.78 is 10.0. The van der Waals surface area contributed by atoms with Crippen LogP contribution in [0.5, 0.6) is 0 Å². The number of hydrogen-bond acceptors (Lipinski definition) is 5. The fourth-order valence-corrected chi connectivity index (χ4v) is 4.17. The number of hydrogen-bond donors (Lipinski definition) is 0. The standard InChI is InChI=1S/C18H22N6O/c1-25-14-9-15(18-21-20-17-6-4-8-24(17)18)23(12-14)11-13-10-22-7-3-2-5-16(22)19-13/h2-3,5,7,10,14-15H,4,6,8-9,11-12H2,1H3/t14-,15+/m1/s1. The van der Waals surface area contributed by atoms with Crippen LogP contribution in [-0.2, 0) is 24.2 Å². The Labute approximate surface area is 146 Å². The molecule has 130 valence electrons. The zero-order valence-electron chi connectivity index (χ0n) is 14.4. The van der Waals surface area contributed by atoms with Crippen LogP contribution in [0.2, 0.25) is 0 Å². The molecule has 0 saturated carbocycles. The zero-order valence-corrected chi connectivity index (χ0v) is 14.4. The molecule has 2 atom stereocenters. The van der Waals surface area contributed by atoms with Crippen molar-refractivity contribution in [2.24, 2.45) is 0 Å². The number of likely N-dealkylation sites (tertiary alicyclic amines) is 1. The van der Waals surface area contributed by atoms with Gasteiger partial charge in [-0.25, -0.2) is 4.98 Å². The van der Waals surface area contributed by atoms with Crippen LogP contribution < -0.4 is 0 Å². The summed E-state index contributed by atoms with van der Waals surface area (Å²) in [7, 11) is 1.80. The van der Waals surface area contributed by atoms with Crippen molar-refractivity contribution >= 4 is 5.65 Å². The molecular weight excluding hydrogens is 316 g/mol. The van der Waals surface area contributed by atoms with Crippen molar-refractivity contribution in [2.45, 2.75) is 44.5 Å². The lowest BCUT2D eigenvalue weighted by Crippen LogP contribution is -2.26. The number of aromatic nitrogens is 5. The maximum Gasteiger partial charge on any atom is 0.150 e. The first-order valence-corrected chi connectivity index (χ1v) is 8.93. The van der Waals surface area contributed by atoms with Gasteiger partial charge < -0.3 is 13.7 Å². The van der Waals surface area contributed by atoms with E-state index in [-0.39, 0.29) is 12.1 Å². The van der Waals surface area contributed by atoms with Gasteiger partial charge in [0.15, 0.2) is 5.82 Å². The molecule has 2 aliphatic rings. The minimum atomic E-state index is 0.233. The van der Waals surface area contributed by atoms with E-state index >= 15 is 0 Å². The fraction of sp³-hybridized carbons (Fsp3) is 0.500. The monoisotopic (exact) mass is 338 g/mol. The number of rotatable bonds is 4. The molecule has 0 N–H and O–H groups in total. The summed E-state index contributed by atoms with van der Waals surface area (Å²) in [6.07, 6.45) is 7.56. The Balaban J connectivity index is 1.45. The maximum absolute atomic E-state index is 5.66. The average Bonchev–Trinajstić information content (AvgIpc) is 3.37. The van der Waals surface area contributed by atoms with Crippen molar-refractivity contribution in [2.75, 3.05) is 13.7 Å². The molecule has 0 spiro atoms. The second-order valence-electron chi connectivity index (χ2n) is 6.97. The van der Waals surface area contributed by atoms with Crippen molar-refractivity contribution < 1.29 is 4.74 Å². The van der Waals surface area contributed by atoms with Crippen LogP contribution in [0, 0.1) is 0 Å². The summed E-state index contributed by atoms with van der Waals surface area (Å²) in [5.41, 5.74) is 2.06. The largest absolute Gasteiger partial charge is 0.380 e. The van der Waals surface area contributed by atoms with Crippen molar-refractivity contribution in [1.29, 1.82) is 0 Å². The lowest BCUT2D eigenvalue weighted by molar-refractivity contribution is 0.107. The second-order valence-corrected chi connectivity index (χ2v) is 6.97. The van der Waals surface area contributed by atoms with Gasteiger partial charge in [-0.1, -0.05) is 6.07 Å². The van der Waals surface area contributed by atoms with E-state index in [1.54, 1.807) is 7.11 Å². The molecular formula is C18H22N6O. The van der Waals surface area contributed by atoms with E-state index in [1.807, 2.05) is 24.4 Å². The third-order valence-electron chi connectivity index (χ3n) is 5.41. The lowest BCUT2D eigenvalue weighted by Gasteiger charge is -2.22. The Morgan fingerprint density at radius 3 is 3.12 bits per heavy atom. The highest BCUT2D eigenvalue weighted by Crippen LogP contribution is 2.35. The highest BCUT2D eigenvalue weighted by Gasteiger charge is 2.37. The van der Waals surface area contributed by atoms with Crippen LogP contribution >= 0.6 is 0 Å². The van der Waals surface area contributed by atoms with E-state index in [0.29, 0.717) is 0 Å². The molecule has 0 bridgehead atoms. The molecule has 25 heavy (non-hydrogen) atoms. The number of pyridine rings is 1. The summed E-state index contributed by atoms with van der Waals surface area (Å²) in [5.74, 6) is 2.22. The maximum atomic E-state index is 5.66. The van der Waals surface area contributed by atoms with Crippen LogP contribution in [0.15, 0.2) is 30.6 Å². The third kappa shape index (κ3) is 2.54. The molecule has 0 amide bonds. The fourth-order valence-electron chi connectivity index (χ4n) is 4.17. The summed E-state index contributed by atoms with van der Waals surface area (Å²) in [6, 6.07) is 6.33. The highest BCUT2D eigenvalue weighted by atomic mass is 16.5. The van der Waals surface area contributed by atoms with E-state index < -0.39 is 0 Å². The number of nitrogens with zero attached hydrogens (tertiary/aromatic N) is 6. The van der Waals surface area contributed by atoms with Gasteiger partial charge in [-0.3, -0.25) is 4.90 Å². The number of imidazole rings is 1. The molecule has 1 fully saturated rings. The second kappa shape index (κ2) is 5.93. The van der Waals surface area contributed by atoms with Gasteiger partial charge in [0, 0.05) is 45.6 Å². The Kier molecular flexibility index (Phi) is 3.57. The van der Waals surface area contributed by atoms with Crippen LogP contribution in [0.4, 0.5) is 0 Å². The number of ether oxygens (including phenoxy) is 1. The number of methoxy groups -OCH3 is 1. The Bertz CT molecular complexity index is 867. The first-order chi connectivity index (χ1) is 12.3. The van der Waals surface area contributed by atoms with Gasteiger partial charge in [0.05, 0.1) is 17.8 Å². The zero-order chi connectivity index (χ0) is 16.8. The van der Waals surface area contributed by atoms with Crippen LogP contribution in [0.25, 0.3) is 5.65 Å². The molecule has 3 aromatic heterocycles. The lowest BCUT2D eigenvalue weighted by atomic mass is 10.2. The van der Waals surface area contributed by atoms with Gasteiger partial charge in [-0.2, -0.15) is 0 Å². The van der Waals surface area contributed by atoms with Gasteiger partial charge in [-0.15, -0.1) is 10.2 Å². The molecule has 0 aliphatic carbocycles. The van der Waals surface area contributed by atoms with E-state index in [4.69, 9.17) is 9.72 Å². The van der Waals surface area contributed by atoms with Gasteiger partial charge >= 0.3 is 0 Å². The van der Waals surface area contributed by atoms with Gasteiger partial charge in [0.25, 0.3) is 0 Å². The predicted molar refractivity (Wildman–Crippen MR) is 92.1 cm³/mol. The normalized spacial score (nSPS) is 23.6. The minimum absolute atomic E-state index is 0.233. The van der Waals surface area contributed by atoms with Crippen molar-refractivity contribution in [1.82, 2.24) is 29.0 Å². The molecule has 0 aromatic carbocycles. The van der Waals surface area contributed by atoms with Gasteiger partial charge in [0.2, 0.25) is 0 Å². The molecule has 3 aromatic rings. The smallest absolute Gasteiger partial charge is 0.150 e. The van der Waals surface area contributed by atoms with Gasteiger partial charge in [-0.05, 0) is 25.0 Å². The molecule has 5 rings (SSSR count). The van der Waals surface area contributed by atoms with Crippen LogP contribution in [-0.4, -0.2) is 48.8 Å². The van der Waals surface area contributed by atoms with Crippen LogP contribution in [0.1, 0.15) is 36.2 Å².